The second-order valence-electron chi connectivity index (χ2n) is 5.75. The van der Waals surface area contributed by atoms with E-state index in [0.29, 0.717) is 0 Å². The Morgan fingerprint density at radius 3 is 2.80 bits per heavy atom. The van der Waals surface area contributed by atoms with Gasteiger partial charge >= 0.3 is 0 Å². The van der Waals surface area contributed by atoms with Crippen LogP contribution >= 0.6 is 0 Å². The second kappa shape index (κ2) is 8.96. The summed E-state index contributed by atoms with van der Waals surface area (Å²) in [6.07, 6.45) is 14.1. The van der Waals surface area contributed by atoms with Crippen molar-refractivity contribution in [3.05, 3.63) is 24.0 Å². The van der Waals surface area contributed by atoms with Gasteiger partial charge in [-0.15, -0.1) is 0 Å². The average Bonchev–Trinajstić information content (AvgIpc) is 3.29. The Balaban J connectivity index is 1.63. The normalized spacial score (nSPS) is 14.4. The summed E-state index contributed by atoms with van der Waals surface area (Å²) in [7, 11) is 0. The van der Waals surface area contributed by atoms with Crippen LogP contribution in [-0.2, 0) is 6.54 Å². The highest BCUT2D eigenvalue weighted by atomic mass is 16.5. The molecule has 20 heavy (non-hydrogen) atoms. The molecule has 0 aromatic carbocycles. The summed E-state index contributed by atoms with van der Waals surface area (Å²) in [5.74, 6) is 0.953. The Kier molecular flexibility index (Phi) is 6.85. The Bertz CT molecular complexity index is 377. The highest BCUT2D eigenvalue weighted by Gasteiger charge is 2.20. The zero-order valence-corrected chi connectivity index (χ0v) is 12.7. The molecule has 3 heteroatoms. The first-order valence-corrected chi connectivity index (χ1v) is 8.19. The van der Waals surface area contributed by atoms with Crippen molar-refractivity contribution in [2.45, 2.75) is 70.9 Å². The molecule has 0 radical (unpaired) electrons. The van der Waals surface area contributed by atoms with Gasteiger partial charge in [0.15, 0.2) is 0 Å². The molecule has 0 atom stereocenters. The SMILES string of the molecule is CCCCCCCCOc1cnccc1CNC1CC1. The van der Waals surface area contributed by atoms with E-state index < -0.39 is 0 Å². The maximum atomic E-state index is 5.89. The molecule has 1 fully saturated rings. The summed E-state index contributed by atoms with van der Waals surface area (Å²) in [6, 6.07) is 2.79. The molecular weight excluding hydrogens is 248 g/mol. The summed E-state index contributed by atoms with van der Waals surface area (Å²) >= 11 is 0. The first-order chi connectivity index (χ1) is 9.90. The van der Waals surface area contributed by atoms with Crippen LogP contribution in [0.25, 0.3) is 0 Å². The van der Waals surface area contributed by atoms with Gasteiger partial charge in [-0.2, -0.15) is 0 Å². The van der Waals surface area contributed by atoms with Gasteiger partial charge in [-0.05, 0) is 25.3 Å². The zero-order valence-electron chi connectivity index (χ0n) is 12.7. The van der Waals surface area contributed by atoms with Crippen molar-refractivity contribution < 1.29 is 4.74 Å². The molecule has 112 valence electrons. The topological polar surface area (TPSA) is 34.1 Å². The molecule has 0 aliphatic heterocycles. The minimum Gasteiger partial charge on any atom is -0.492 e. The van der Waals surface area contributed by atoms with Crippen LogP contribution in [0, 0.1) is 0 Å². The van der Waals surface area contributed by atoms with Crippen molar-refractivity contribution >= 4 is 0 Å². The molecule has 0 spiro atoms. The molecule has 1 aliphatic rings. The van der Waals surface area contributed by atoms with Crippen LogP contribution in [0.5, 0.6) is 5.75 Å². The number of unbranched alkanes of at least 4 members (excludes halogenated alkanes) is 5. The molecule has 1 heterocycles. The average molecular weight is 276 g/mol. The van der Waals surface area contributed by atoms with Crippen LogP contribution < -0.4 is 10.1 Å². The van der Waals surface area contributed by atoms with Gasteiger partial charge in [0.1, 0.15) is 5.75 Å². The first-order valence-electron chi connectivity index (χ1n) is 8.19. The lowest BCUT2D eigenvalue weighted by atomic mass is 10.1. The molecule has 0 bridgehead atoms. The minimum atomic E-state index is 0.731. The van der Waals surface area contributed by atoms with Gasteiger partial charge < -0.3 is 10.1 Å². The summed E-state index contributed by atoms with van der Waals surface area (Å²) in [4.78, 5) is 4.17. The Morgan fingerprint density at radius 2 is 2.00 bits per heavy atom. The van der Waals surface area contributed by atoms with E-state index in [0.717, 1.165) is 31.4 Å². The largest absolute Gasteiger partial charge is 0.492 e. The number of pyridine rings is 1. The Hall–Kier alpha value is -1.09. The summed E-state index contributed by atoms with van der Waals surface area (Å²) in [5, 5.41) is 3.53. The first kappa shape index (κ1) is 15.3. The van der Waals surface area contributed by atoms with Crippen LogP contribution in [0.1, 0.15) is 63.9 Å². The molecule has 1 aromatic rings. The van der Waals surface area contributed by atoms with Crippen molar-refractivity contribution in [1.82, 2.24) is 10.3 Å². The number of ether oxygens (including phenoxy) is 1. The number of aromatic nitrogens is 1. The second-order valence-corrected chi connectivity index (χ2v) is 5.75. The van der Waals surface area contributed by atoms with Crippen LogP contribution in [0.4, 0.5) is 0 Å². The maximum absolute atomic E-state index is 5.89. The number of nitrogens with zero attached hydrogens (tertiary/aromatic N) is 1. The smallest absolute Gasteiger partial charge is 0.142 e. The predicted octanol–water partition coefficient (Wildman–Crippen LogP) is 4.07. The van der Waals surface area contributed by atoms with E-state index in [2.05, 4.69) is 23.3 Å². The van der Waals surface area contributed by atoms with Gasteiger partial charge in [-0.1, -0.05) is 39.0 Å². The number of rotatable bonds is 11. The molecule has 0 saturated heterocycles. The number of hydrogen-bond acceptors (Lipinski definition) is 3. The lowest BCUT2D eigenvalue weighted by Gasteiger charge is -2.11. The quantitative estimate of drug-likeness (QED) is 0.619. The summed E-state index contributed by atoms with van der Waals surface area (Å²) < 4.78 is 5.89. The van der Waals surface area contributed by atoms with Crippen molar-refractivity contribution in [3.63, 3.8) is 0 Å². The molecule has 1 aromatic heterocycles. The fourth-order valence-electron chi connectivity index (χ4n) is 2.29. The lowest BCUT2D eigenvalue weighted by molar-refractivity contribution is 0.299. The number of nitrogens with one attached hydrogen (secondary N) is 1. The van der Waals surface area contributed by atoms with Gasteiger partial charge in [0, 0.05) is 24.3 Å². The standard InChI is InChI=1S/C17H28N2O/c1-2-3-4-5-6-7-12-20-17-14-18-11-10-15(17)13-19-16-8-9-16/h10-11,14,16,19H,2-9,12-13H2,1H3. The van der Waals surface area contributed by atoms with Crippen LogP contribution in [0.3, 0.4) is 0 Å². The minimum absolute atomic E-state index is 0.731. The van der Waals surface area contributed by atoms with E-state index in [1.54, 1.807) is 0 Å². The van der Waals surface area contributed by atoms with E-state index in [1.165, 1.54) is 50.5 Å². The van der Waals surface area contributed by atoms with Gasteiger partial charge in [0.05, 0.1) is 12.8 Å². The molecule has 2 rings (SSSR count). The maximum Gasteiger partial charge on any atom is 0.142 e. The summed E-state index contributed by atoms with van der Waals surface area (Å²) in [6.45, 7) is 3.97. The highest BCUT2D eigenvalue weighted by Crippen LogP contribution is 2.22. The van der Waals surface area contributed by atoms with Gasteiger partial charge in [0.25, 0.3) is 0 Å². The van der Waals surface area contributed by atoms with E-state index in [4.69, 9.17) is 4.74 Å². The molecule has 1 aliphatic carbocycles. The monoisotopic (exact) mass is 276 g/mol. The molecule has 1 saturated carbocycles. The lowest BCUT2D eigenvalue weighted by Crippen LogP contribution is -2.16. The third-order valence-corrected chi connectivity index (χ3v) is 3.78. The fourth-order valence-corrected chi connectivity index (χ4v) is 2.29. The van der Waals surface area contributed by atoms with Crippen molar-refractivity contribution in [2.75, 3.05) is 6.61 Å². The van der Waals surface area contributed by atoms with Crippen LogP contribution in [0.15, 0.2) is 18.5 Å². The molecule has 0 amide bonds. The predicted molar refractivity (Wildman–Crippen MR) is 83.0 cm³/mol. The van der Waals surface area contributed by atoms with Gasteiger partial charge in [-0.3, -0.25) is 4.98 Å². The highest BCUT2D eigenvalue weighted by molar-refractivity contribution is 5.29. The Morgan fingerprint density at radius 1 is 1.20 bits per heavy atom. The molecular formula is C17H28N2O. The molecule has 3 nitrogen and oxygen atoms in total. The molecule has 0 unspecified atom stereocenters. The summed E-state index contributed by atoms with van der Waals surface area (Å²) in [5.41, 5.74) is 1.23. The third kappa shape index (κ3) is 5.91. The van der Waals surface area contributed by atoms with Gasteiger partial charge in [0.2, 0.25) is 0 Å². The van der Waals surface area contributed by atoms with Crippen molar-refractivity contribution in [1.29, 1.82) is 0 Å². The van der Waals surface area contributed by atoms with E-state index in [-0.39, 0.29) is 0 Å². The Labute approximate surface area is 123 Å². The van der Waals surface area contributed by atoms with Crippen molar-refractivity contribution in [3.8, 4) is 5.75 Å². The van der Waals surface area contributed by atoms with E-state index in [9.17, 15) is 0 Å². The molecule has 1 N–H and O–H groups in total. The van der Waals surface area contributed by atoms with Crippen LogP contribution in [-0.4, -0.2) is 17.6 Å². The van der Waals surface area contributed by atoms with Crippen molar-refractivity contribution in [2.24, 2.45) is 0 Å². The van der Waals surface area contributed by atoms with E-state index >= 15 is 0 Å². The van der Waals surface area contributed by atoms with Crippen LogP contribution in [0.2, 0.25) is 0 Å². The zero-order chi connectivity index (χ0) is 14.0. The fraction of sp³-hybridized carbons (Fsp3) is 0.706. The van der Waals surface area contributed by atoms with E-state index in [1.807, 2.05) is 12.4 Å². The van der Waals surface area contributed by atoms with Gasteiger partial charge in [-0.25, -0.2) is 0 Å². The number of hydrogen-bond donors (Lipinski definition) is 1. The third-order valence-electron chi connectivity index (χ3n) is 3.78.